The van der Waals surface area contributed by atoms with Gasteiger partial charge in [-0.3, -0.25) is 9.69 Å². The molecule has 2 aromatic carbocycles. The Balaban J connectivity index is 1.39. The highest BCUT2D eigenvalue weighted by atomic mass is 32.2. The molecule has 170 valence electrons. The van der Waals surface area contributed by atoms with Gasteiger partial charge in [0.05, 0.1) is 22.0 Å². The largest absolute Gasteiger partial charge is 0.325 e. The molecular weight excluding hydrogens is 430 g/mol. The molecule has 32 heavy (non-hydrogen) atoms. The molecule has 1 aliphatic rings. The Morgan fingerprint density at radius 1 is 1.00 bits per heavy atom. The van der Waals surface area contributed by atoms with Crippen molar-refractivity contribution in [3.63, 3.8) is 0 Å². The van der Waals surface area contributed by atoms with Crippen LogP contribution in [0.4, 0.5) is 5.69 Å². The molecule has 3 aromatic rings. The van der Waals surface area contributed by atoms with Gasteiger partial charge in [-0.15, -0.1) is 0 Å². The molecule has 9 nitrogen and oxygen atoms in total. The van der Waals surface area contributed by atoms with Crippen molar-refractivity contribution in [3.8, 4) is 0 Å². The smallest absolute Gasteiger partial charge is 0.323 e. The Hall–Kier alpha value is -2.95. The van der Waals surface area contributed by atoms with Gasteiger partial charge in [0.1, 0.15) is 0 Å². The van der Waals surface area contributed by atoms with E-state index < -0.39 is 16.1 Å². The molecule has 0 radical (unpaired) electrons. The molecule has 1 aliphatic heterocycles. The second-order valence-corrected chi connectivity index (χ2v) is 10.1. The molecule has 1 aromatic heterocycles. The van der Waals surface area contributed by atoms with Gasteiger partial charge < -0.3 is 15.3 Å². The van der Waals surface area contributed by atoms with E-state index in [4.69, 9.17) is 0 Å². The highest BCUT2D eigenvalue weighted by molar-refractivity contribution is 7.89. The Kier molecular flexibility index (Phi) is 5.93. The maximum absolute atomic E-state index is 13.1. The zero-order valence-electron chi connectivity index (χ0n) is 18.3. The molecule has 1 amide bonds. The standard InChI is InChI=1S/C22H27N5O4S/c1-14-4-7-20(15(2)12-14)32(30,31)27-10-8-26(9-11-27)16(3)21(28)23-17-5-6-18-19(13-17)25-22(29)24-18/h4-7,12-13,16H,8-11H2,1-3H3,(H,23,28)(H2,24,25,29). The molecular formula is C22H27N5O4S. The quantitative estimate of drug-likeness (QED) is 0.540. The summed E-state index contributed by atoms with van der Waals surface area (Å²) in [4.78, 5) is 31.8. The number of benzene rings is 2. The summed E-state index contributed by atoms with van der Waals surface area (Å²) in [5.74, 6) is -0.187. The molecule has 10 heteroatoms. The molecule has 1 atom stereocenters. The third kappa shape index (κ3) is 4.34. The van der Waals surface area contributed by atoms with E-state index in [9.17, 15) is 18.0 Å². The van der Waals surface area contributed by atoms with Gasteiger partial charge in [-0.05, 0) is 50.6 Å². The first-order valence-electron chi connectivity index (χ1n) is 10.5. The van der Waals surface area contributed by atoms with Gasteiger partial charge in [-0.25, -0.2) is 13.2 Å². The molecule has 0 saturated carbocycles. The first-order valence-corrected chi connectivity index (χ1v) is 11.9. The topological polar surface area (TPSA) is 118 Å². The zero-order valence-corrected chi connectivity index (χ0v) is 19.1. The number of rotatable bonds is 5. The van der Waals surface area contributed by atoms with E-state index in [0.29, 0.717) is 47.8 Å². The van der Waals surface area contributed by atoms with Crippen LogP contribution in [0, 0.1) is 13.8 Å². The second-order valence-electron chi connectivity index (χ2n) is 8.21. The fourth-order valence-electron chi connectivity index (χ4n) is 4.08. The van der Waals surface area contributed by atoms with Gasteiger partial charge in [0.25, 0.3) is 0 Å². The third-order valence-electron chi connectivity index (χ3n) is 5.93. The van der Waals surface area contributed by atoms with Gasteiger partial charge in [0.2, 0.25) is 15.9 Å². The van der Waals surface area contributed by atoms with Crippen LogP contribution in [0.1, 0.15) is 18.1 Å². The van der Waals surface area contributed by atoms with Gasteiger partial charge in [-0.2, -0.15) is 4.31 Å². The third-order valence-corrected chi connectivity index (χ3v) is 7.99. The van der Waals surface area contributed by atoms with Crippen LogP contribution in [-0.4, -0.2) is 65.7 Å². The fraction of sp³-hybridized carbons (Fsp3) is 0.364. The number of aromatic nitrogens is 2. The number of carbonyl (C=O) groups excluding carboxylic acids is 1. The Bertz CT molecular complexity index is 1320. The van der Waals surface area contributed by atoms with Crippen LogP contribution in [0.3, 0.4) is 0 Å². The molecule has 0 bridgehead atoms. The average molecular weight is 458 g/mol. The minimum absolute atomic E-state index is 0.187. The monoisotopic (exact) mass is 457 g/mol. The lowest BCUT2D eigenvalue weighted by Gasteiger charge is -2.36. The fourth-order valence-corrected chi connectivity index (χ4v) is 5.71. The molecule has 3 N–H and O–H groups in total. The summed E-state index contributed by atoms with van der Waals surface area (Å²) in [6.07, 6.45) is 0. The number of aromatic amines is 2. The number of imidazole rings is 1. The number of nitrogens with one attached hydrogen (secondary N) is 3. The number of fused-ring (bicyclic) bond motifs is 1. The number of carbonyl (C=O) groups is 1. The number of piperazine rings is 1. The number of sulfonamides is 1. The maximum atomic E-state index is 13.1. The molecule has 0 spiro atoms. The van der Waals surface area contributed by atoms with Crippen molar-refractivity contribution >= 4 is 32.7 Å². The molecule has 1 unspecified atom stereocenters. The Labute approximate surface area is 186 Å². The van der Waals surface area contributed by atoms with E-state index in [1.54, 1.807) is 31.2 Å². The first kappa shape index (κ1) is 22.3. The van der Waals surface area contributed by atoms with Crippen molar-refractivity contribution in [2.75, 3.05) is 31.5 Å². The molecule has 4 rings (SSSR count). The van der Waals surface area contributed by atoms with Gasteiger partial charge >= 0.3 is 5.69 Å². The predicted molar refractivity (Wildman–Crippen MR) is 123 cm³/mol. The lowest BCUT2D eigenvalue weighted by molar-refractivity contribution is -0.121. The van der Waals surface area contributed by atoms with Crippen molar-refractivity contribution in [2.45, 2.75) is 31.7 Å². The number of hydrogen-bond acceptors (Lipinski definition) is 5. The van der Waals surface area contributed by atoms with Crippen LogP contribution in [0.15, 0.2) is 46.1 Å². The van der Waals surface area contributed by atoms with E-state index in [1.165, 1.54) is 4.31 Å². The average Bonchev–Trinajstić information content (AvgIpc) is 3.12. The van der Waals surface area contributed by atoms with E-state index in [2.05, 4.69) is 15.3 Å². The number of nitrogens with zero attached hydrogens (tertiary/aromatic N) is 2. The van der Waals surface area contributed by atoms with Gasteiger partial charge in [-0.1, -0.05) is 17.7 Å². The van der Waals surface area contributed by atoms with Crippen LogP contribution >= 0.6 is 0 Å². The van der Waals surface area contributed by atoms with Gasteiger partial charge in [0, 0.05) is 31.9 Å². The minimum atomic E-state index is -3.57. The maximum Gasteiger partial charge on any atom is 0.323 e. The summed E-state index contributed by atoms with van der Waals surface area (Å²) >= 11 is 0. The normalized spacial score (nSPS) is 16.8. The van der Waals surface area contributed by atoms with Crippen molar-refractivity contribution in [2.24, 2.45) is 0 Å². The summed E-state index contributed by atoms with van der Waals surface area (Å²) in [6, 6.07) is 10.1. The second kappa shape index (κ2) is 8.53. The zero-order chi connectivity index (χ0) is 23.0. The van der Waals surface area contributed by atoms with Crippen molar-refractivity contribution in [3.05, 3.63) is 58.0 Å². The number of anilines is 1. The van der Waals surface area contributed by atoms with Crippen LogP contribution in [0.2, 0.25) is 0 Å². The van der Waals surface area contributed by atoms with E-state index in [0.717, 1.165) is 11.1 Å². The number of aryl methyl sites for hydroxylation is 2. The number of amides is 1. The van der Waals surface area contributed by atoms with E-state index in [-0.39, 0.29) is 11.6 Å². The molecule has 2 heterocycles. The minimum Gasteiger partial charge on any atom is -0.325 e. The van der Waals surface area contributed by atoms with Crippen molar-refractivity contribution < 1.29 is 13.2 Å². The van der Waals surface area contributed by atoms with Crippen LogP contribution in [0.5, 0.6) is 0 Å². The lowest BCUT2D eigenvalue weighted by atomic mass is 10.2. The summed E-state index contributed by atoms with van der Waals surface area (Å²) in [7, 11) is -3.57. The first-order chi connectivity index (χ1) is 15.1. The summed E-state index contributed by atoms with van der Waals surface area (Å²) < 4.78 is 27.6. The van der Waals surface area contributed by atoms with E-state index in [1.807, 2.05) is 30.9 Å². The molecule has 1 fully saturated rings. The van der Waals surface area contributed by atoms with Crippen LogP contribution in [0.25, 0.3) is 11.0 Å². The predicted octanol–water partition coefficient (Wildman–Crippen LogP) is 1.81. The highest BCUT2D eigenvalue weighted by Crippen LogP contribution is 2.23. The summed E-state index contributed by atoms with van der Waals surface area (Å²) in [5, 5.41) is 2.87. The van der Waals surface area contributed by atoms with Crippen molar-refractivity contribution in [1.29, 1.82) is 0 Å². The highest BCUT2D eigenvalue weighted by Gasteiger charge is 2.32. The van der Waals surface area contributed by atoms with E-state index >= 15 is 0 Å². The molecule has 0 aliphatic carbocycles. The summed E-state index contributed by atoms with van der Waals surface area (Å²) in [5.41, 5.74) is 3.33. The Morgan fingerprint density at radius 3 is 2.38 bits per heavy atom. The van der Waals surface area contributed by atoms with Crippen LogP contribution in [-0.2, 0) is 14.8 Å². The summed E-state index contributed by atoms with van der Waals surface area (Å²) in [6.45, 7) is 7.12. The lowest BCUT2D eigenvalue weighted by Crippen LogP contribution is -2.54. The van der Waals surface area contributed by atoms with Crippen LogP contribution < -0.4 is 11.0 Å². The molecule has 1 saturated heterocycles. The van der Waals surface area contributed by atoms with Crippen molar-refractivity contribution in [1.82, 2.24) is 19.2 Å². The number of hydrogen-bond donors (Lipinski definition) is 3. The SMILES string of the molecule is Cc1ccc(S(=O)(=O)N2CCN(C(C)C(=O)Nc3ccc4[nH]c(=O)[nH]c4c3)CC2)c(C)c1. The Morgan fingerprint density at radius 2 is 1.69 bits per heavy atom. The van der Waals surface area contributed by atoms with Gasteiger partial charge in [0.15, 0.2) is 0 Å². The number of H-pyrrole nitrogens is 2.